The highest BCUT2D eigenvalue weighted by Crippen LogP contribution is 2.41. The van der Waals surface area contributed by atoms with Crippen molar-refractivity contribution < 1.29 is 10.0 Å². The van der Waals surface area contributed by atoms with Crippen LogP contribution in [0.5, 0.6) is 5.75 Å². The van der Waals surface area contributed by atoms with Crippen molar-refractivity contribution in [3.05, 3.63) is 32.8 Å². The number of phenols is 1. The lowest BCUT2D eigenvalue weighted by molar-refractivity contribution is -0.386. The van der Waals surface area contributed by atoms with Gasteiger partial charge in [0.05, 0.1) is 15.5 Å². The van der Waals surface area contributed by atoms with E-state index in [0.717, 1.165) is 26.2 Å². The molecule has 0 saturated carbocycles. The van der Waals surface area contributed by atoms with Crippen LogP contribution in [0.2, 0.25) is 5.02 Å². The minimum atomic E-state index is -0.462. The molecule has 1 aromatic carbocycles. The zero-order valence-electron chi connectivity index (χ0n) is 11.3. The van der Waals surface area contributed by atoms with Crippen molar-refractivity contribution in [3.8, 4) is 5.75 Å². The summed E-state index contributed by atoms with van der Waals surface area (Å²) in [5.74, 6) is -0.175. The van der Waals surface area contributed by atoms with Gasteiger partial charge in [0.1, 0.15) is 5.75 Å². The third-order valence-electron chi connectivity index (χ3n) is 3.65. The lowest BCUT2D eigenvalue weighted by atomic mass is 9.99. The van der Waals surface area contributed by atoms with Crippen LogP contribution >= 0.6 is 11.6 Å². The molecule has 0 radical (unpaired) electrons. The van der Waals surface area contributed by atoms with E-state index in [0.29, 0.717) is 12.0 Å². The third-order valence-corrected chi connectivity index (χ3v) is 3.96. The van der Waals surface area contributed by atoms with E-state index in [2.05, 4.69) is 10.2 Å². The van der Waals surface area contributed by atoms with Crippen LogP contribution < -0.4 is 5.32 Å². The number of nitrogens with one attached hydrogen (secondary N) is 1. The molecule has 0 aliphatic carbocycles. The summed E-state index contributed by atoms with van der Waals surface area (Å²) in [6.07, 6.45) is 0.675. The molecule has 1 saturated heterocycles. The molecule has 1 aromatic rings. The summed E-state index contributed by atoms with van der Waals surface area (Å²) in [6, 6.07) is 2.53. The second-order valence-corrected chi connectivity index (χ2v) is 5.20. The Hall–Kier alpha value is -1.37. The summed E-state index contributed by atoms with van der Waals surface area (Å²) in [5, 5.41) is 24.8. The lowest BCUT2D eigenvalue weighted by Crippen LogP contribution is -2.45. The average Bonchev–Trinajstić information content (AvgIpc) is 2.45. The van der Waals surface area contributed by atoms with E-state index in [1.807, 2.05) is 6.92 Å². The van der Waals surface area contributed by atoms with Crippen LogP contribution in [0.3, 0.4) is 0 Å². The molecule has 1 heterocycles. The van der Waals surface area contributed by atoms with Gasteiger partial charge in [-0.2, -0.15) is 0 Å². The average molecular weight is 300 g/mol. The minimum absolute atomic E-state index is 0.0720. The van der Waals surface area contributed by atoms with Crippen molar-refractivity contribution in [3.63, 3.8) is 0 Å². The minimum Gasteiger partial charge on any atom is -0.506 e. The number of piperazine rings is 1. The van der Waals surface area contributed by atoms with Gasteiger partial charge in [-0.25, -0.2) is 0 Å². The molecule has 0 unspecified atom stereocenters. The van der Waals surface area contributed by atoms with Gasteiger partial charge in [-0.3, -0.25) is 15.0 Å². The summed E-state index contributed by atoms with van der Waals surface area (Å²) in [5.41, 5.74) is 0.254. The first-order chi connectivity index (χ1) is 9.56. The number of phenolic OH excluding ortho intramolecular Hbond substituents is 1. The molecule has 1 atom stereocenters. The first kappa shape index (κ1) is 15.0. The van der Waals surface area contributed by atoms with Gasteiger partial charge < -0.3 is 10.4 Å². The molecular weight excluding hydrogens is 282 g/mol. The Labute approximate surface area is 122 Å². The predicted octanol–water partition coefficient (Wildman–Crippen LogP) is 2.31. The maximum Gasteiger partial charge on any atom is 0.278 e. The number of nitrogens with zero attached hydrogens (tertiary/aromatic N) is 2. The summed E-state index contributed by atoms with van der Waals surface area (Å²) in [6.45, 7) is 5.22. The number of hydrogen-bond acceptors (Lipinski definition) is 5. The summed E-state index contributed by atoms with van der Waals surface area (Å²) >= 11 is 5.93. The molecule has 2 rings (SSSR count). The maximum absolute atomic E-state index is 11.2. The van der Waals surface area contributed by atoms with Crippen LogP contribution in [-0.4, -0.2) is 41.1 Å². The normalized spacial score (nSPS) is 17.9. The monoisotopic (exact) mass is 299 g/mol. The van der Waals surface area contributed by atoms with E-state index in [1.54, 1.807) is 0 Å². The number of rotatable bonds is 4. The molecule has 2 N–H and O–H groups in total. The SMILES string of the molecule is CC[C@@H](c1c([N+](=O)[O-])ccc(Cl)c1O)N1CCNCC1. The van der Waals surface area contributed by atoms with Crippen LogP contribution in [-0.2, 0) is 0 Å². The van der Waals surface area contributed by atoms with Gasteiger partial charge in [-0.15, -0.1) is 0 Å². The molecule has 0 aromatic heterocycles. The Morgan fingerprint density at radius 2 is 2.15 bits per heavy atom. The number of benzene rings is 1. The Balaban J connectivity index is 2.46. The predicted molar refractivity (Wildman–Crippen MR) is 77.2 cm³/mol. The van der Waals surface area contributed by atoms with Crippen LogP contribution in [0.15, 0.2) is 12.1 Å². The van der Waals surface area contributed by atoms with Gasteiger partial charge >= 0.3 is 0 Å². The fourth-order valence-corrected chi connectivity index (χ4v) is 2.86. The molecule has 0 amide bonds. The zero-order chi connectivity index (χ0) is 14.7. The second-order valence-electron chi connectivity index (χ2n) is 4.80. The first-order valence-corrected chi connectivity index (χ1v) is 7.04. The fourth-order valence-electron chi connectivity index (χ4n) is 2.70. The van der Waals surface area contributed by atoms with Gasteiger partial charge in [-0.05, 0) is 12.5 Å². The van der Waals surface area contributed by atoms with Crippen molar-refractivity contribution in [1.82, 2.24) is 10.2 Å². The molecule has 110 valence electrons. The van der Waals surface area contributed by atoms with Gasteiger partial charge in [0.2, 0.25) is 0 Å². The fraction of sp³-hybridized carbons (Fsp3) is 0.538. The number of nitro groups is 1. The van der Waals surface area contributed by atoms with Crippen molar-refractivity contribution in [2.45, 2.75) is 19.4 Å². The molecule has 1 aliphatic heterocycles. The van der Waals surface area contributed by atoms with E-state index in [4.69, 9.17) is 11.6 Å². The van der Waals surface area contributed by atoms with Crippen LogP contribution in [0.25, 0.3) is 0 Å². The van der Waals surface area contributed by atoms with Crippen molar-refractivity contribution >= 4 is 17.3 Å². The van der Waals surface area contributed by atoms with E-state index in [9.17, 15) is 15.2 Å². The lowest BCUT2D eigenvalue weighted by Gasteiger charge is -2.34. The Kier molecular flexibility index (Phi) is 4.80. The number of hydrogen-bond donors (Lipinski definition) is 2. The number of nitro benzene ring substituents is 1. The van der Waals surface area contributed by atoms with Crippen molar-refractivity contribution in [1.29, 1.82) is 0 Å². The molecule has 0 spiro atoms. The first-order valence-electron chi connectivity index (χ1n) is 6.66. The number of aromatic hydroxyl groups is 1. The van der Waals surface area contributed by atoms with Gasteiger partial charge in [0, 0.05) is 38.3 Å². The molecule has 1 fully saturated rings. The van der Waals surface area contributed by atoms with Crippen molar-refractivity contribution in [2.24, 2.45) is 0 Å². The Morgan fingerprint density at radius 3 is 2.70 bits per heavy atom. The van der Waals surface area contributed by atoms with Gasteiger partial charge in [0.15, 0.2) is 0 Å². The van der Waals surface area contributed by atoms with E-state index in [1.165, 1.54) is 12.1 Å². The largest absolute Gasteiger partial charge is 0.506 e. The van der Waals surface area contributed by atoms with E-state index < -0.39 is 4.92 Å². The molecule has 20 heavy (non-hydrogen) atoms. The van der Waals surface area contributed by atoms with E-state index in [-0.39, 0.29) is 22.5 Å². The summed E-state index contributed by atoms with van der Waals surface area (Å²) in [7, 11) is 0. The smallest absolute Gasteiger partial charge is 0.278 e. The topological polar surface area (TPSA) is 78.6 Å². The van der Waals surface area contributed by atoms with Crippen LogP contribution in [0.1, 0.15) is 24.9 Å². The standard InChI is InChI=1S/C13H18ClN3O3/c1-2-10(16-7-5-15-6-8-16)12-11(17(19)20)4-3-9(14)13(12)18/h3-4,10,15,18H,2,5-8H2,1H3/t10-/m0/s1. The quantitative estimate of drug-likeness (QED) is 0.659. The highest BCUT2D eigenvalue weighted by atomic mass is 35.5. The highest BCUT2D eigenvalue weighted by Gasteiger charge is 2.31. The molecule has 6 nitrogen and oxygen atoms in total. The molecule has 0 bridgehead atoms. The van der Waals surface area contributed by atoms with Gasteiger partial charge in [0.25, 0.3) is 5.69 Å². The van der Waals surface area contributed by atoms with Crippen LogP contribution in [0, 0.1) is 10.1 Å². The highest BCUT2D eigenvalue weighted by molar-refractivity contribution is 6.32. The number of halogens is 1. The van der Waals surface area contributed by atoms with Crippen LogP contribution in [0.4, 0.5) is 5.69 Å². The Bertz CT molecular complexity index is 504. The third kappa shape index (κ3) is 2.87. The second kappa shape index (κ2) is 6.39. The summed E-state index contributed by atoms with van der Waals surface area (Å²) < 4.78 is 0. The molecule has 7 heteroatoms. The Morgan fingerprint density at radius 1 is 1.50 bits per heavy atom. The molecular formula is C13H18ClN3O3. The summed E-state index contributed by atoms with van der Waals surface area (Å²) in [4.78, 5) is 12.9. The van der Waals surface area contributed by atoms with Gasteiger partial charge in [-0.1, -0.05) is 18.5 Å². The van der Waals surface area contributed by atoms with Crippen molar-refractivity contribution in [2.75, 3.05) is 26.2 Å². The molecule has 1 aliphatic rings. The van der Waals surface area contributed by atoms with E-state index >= 15 is 0 Å². The maximum atomic E-state index is 11.2. The zero-order valence-corrected chi connectivity index (χ0v) is 12.1.